The molecule has 4 fully saturated rings. The quantitative estimate of drug-likeness (QED) is 0.0302. The molecule has 2 aromatic heterocycles. The van der Waals surface area contributed by atoms with Crippen LogP contribution in [0.2, 0.25) is 0 Å². The van der Waals surface area contributed by atoms with Crippen molar-refractivity contribution in [3.63, 3.8) is 0 Å². The van der Waals surface area contributed by atoms with Crippen LogP contribution in [-0.2, 0) is 45.2 Å². The Morgan fingerprint density at radius 2 is 1.51 bits per heavy atom. The second-order valence-corrected chi connectivity index (χ2v) is 24.0. The molecule has 24 heteroatoms. The monoisotopic (exact) mass is 1170 g/mol. The first-order valence-corrected chi connectivity index (χ1v) is 30.0. The summed E-state index contributed by atoms with van der Waals surface area (Å²) in [6.07, 6.45) is 5.06. The van der Waals surface area contributed by atoms with Crippen molar-refractivity contribution in [1.82, 2.24) is 45.2 Å². The van der Waals surface area contributed by atoms with Crippen LogP contribution in [0.3, 0.4) is 0 Å². The molecule has 10 rings (SSSR count). The van der Waals surface area contributed by atoms with Gasteiger partial charge in [-0.25, -0.2) is 4.79 Å². The highest BCUT2D eigenvalue weighted by atomic mass is 31.2. The number of imide groups is 1. The number of benzene rings is 4. The number of aryl methyl sites for hydroxylation is 1. The fourth-order valence-electron chi connectivity index (χ4n) is 12.4. The van der Waals surface area contributed by atoms with Crippen LogP contribution in [0, 0.1) is 5.92 Å². The number of carbonyl (C=O) groups excluding carboxylic acids is 9. The molecule has 8 amide bonds. The van der Waals surface area contributed by atoms with Gasteiger partial charge in [-0.15, -0.1) is 0 Å². The van der Waals surface area contributed by atoms with E-state index < -0.39 is 84.8 Å². The Balaban J connectivity index is 0.814. The van der Waals surface area contributed by atoms with Crippen molar-refractivity contribution in [3.05, 3.63) is 142 Å². The molecule has 5 atom stereocenters. The number of aromatic amines is 1. The molecule has 5 heterocycles. The van der Waals surface area contributed by atoms with Crippen molar-refractivity contribution in [2.75, 3.05) is 13.1 Å². The van der Waals surface area contributed by atoms with E-state index in [1.54, 1.807) is 11.9 Å². The molecule has 3 aliphatic heterocycles. The molecule has 3 saturated heterocycles. The third-order valence-electron chi connectivity index (χ3n) is 17.0. The zero-order valence-corrected chi connectivity index (χ0v) is 47.1. The number of hydrogen-bond acceptors (Lipinski definition) is 11. The highest BCUT2D eigenvalue weighted by Gasteiger charge is 2.46. The maximum absolute atomic E-state index is 15.1. The summed E-state index contributed by atoms with van der Waals surface area (Å²) in [5, 5.41) is 11.3. The van der Waals surface area contributed by atoms with Gasteiger partial charge in [-0.2, -0.15) is 0 Å². The topological polar surface area (TPSA) is 335 Å². The van der Waals surface area contributed by atoms with E-state index >= 15 is 4.79 Å². The standard InChI is InChI=1S/C60H67N10O13P/c1-67-49-32-37(17-21-46(49)70(60(67)80)48-23-25-51(72)65-57(48)77)39-28-34(29-39)10-8-9-15-52(73)68-27-26-41-18-22-47(56(76)63-43(20-24-50(61)71)54(74)66-53(35-11-4-2-5-12-35)36-13-6-3-7-14-36)69(41)58(78)45(33-68)64-55(75)44-31-40-30-38(16-19-42(40)62-44)59(79)84(81,82)83/h2-7,11-14,16-17,19,21,30-32,34,39,41,43,45,47-48,53,62H,8-10,15,18,20,22-29,33H2,1H3,(H2,61,71)(H,63,76)(H,64,75)(H,66,74)(H,65,72,77)(H2,81,82,83)/t34?,39?,41-,43+,45+,47+,48?/m1/s1. The molecule has 84 heavy (non-hydrogen) atoms. The SMILES string of the molecule is Cn1c(=O)n(C2CCC(=O)NC2=O)c2ccc(C3CC(CCCCC(=O)N4CC[C@H]5CC[C@@H](C(=O)N[C@@H](CCC(N)=O)C(=O)NC(c6ccccc6)c6ccccc6)N5C(=O)[C@@H](NC(=O)c5cc6cc(C(=O)P(=O)(O)O)ccc6[nH]5)C4)C3)cc21. The lowest BCUT2D eigenvalue weighted by Crippen LogP contribution is -2.62. The molecule has 1 unspecified atom stereocenters. The van der Waals surface area contributed by atoms with Crippen molar-refractivity contribution in [2.45, 2.75) is 126 Å². The lowest BCUT2D eigenvalue weighted by atomic mass is 9.69. The van der Waals surface area contributed by atoms with Crippen LogP contribution < -0.4 is 32.7 Å². The number of amides is 8. The number of piperidine rings is 1. The number of primary amides is 1. The zero-order chi connectivity index (χ0) is 59.6. The van der Waals surface area contributed by atoms with Gasteiger partial charge in [0, 0.05) is 61.9 Å². The van der Waals surface area contributed by atoms with Crippen molar-refractivity contribution >= 4 is 82.3 Å². The number of H-pyrrole nitrogens is 1. The van der Waals surface area contributed by atoms with Gasteiger partial charge in [0.1, 0.15) is 29.9 Å². The number of nitrogens with one attached hydrogen (secondary N) is 5. The van der Waals surface area contributed by atoms with Crippen molar-refractivity contribution in [1.29, 1.82) is 0 Å². The van der Waals surface area contributed by atoms with Gasteiger partial charge in [-0.1, -0.05) is 79.6 Å². The van der Waals surface area contributed by atoms with Crippen LogP contribution in [0.5, 0.6) is 0 Å². The Labute approximate surface area is 482 Å². The van der Waals surface area contributed by atoms with E-state index in [0.29, 0.717) is 41.7 Å². The van der Waals surface area contributed by atoms with Gasteiger partial charge in [0.05, 0.1) is 17.1 Å². The normalized spacial score (nSPS) is 21.3. The van der Waals surface area contributed by atoms with Gasteiger partial charge >= 0.3 is 13.3 Å². The molecule has 0 radical (unpaired) electrons. The second-order valence-electron chi connectivity index (χ2n) is 22.5. The number of imidazole rings is 1. The summed E-state index contributed by atoms with van der Waals surface area (Å²) in [5.74, 6) is -3.76. The largest absolute Gasteiger partial charge is 0.396 e. The summed E-state index contributed by atoms with van der Waals surface area (Å²) in [6, 6.07) is 23.8. The third kappa shape index (κ3) is 12.7. The number of nitrogens with two attached hydrogens (primary N) is 1. The Morgan fingerprint density at radius 1 is 0.798 bits per heavy atom. The molecule has 0 bridgehead atoms. The Bertz CT molecular complexity index is 3640. The third-order valence-corrected chi connectivity index (χ3v) is 17.8. The summed E-state index contributed by atoms with van der Waals surface area (Å²) in [5.41, 5.74) is 7.79. The van der Waals surface area contributed by atoms with E-state index in [1.807, 2.05) is 78.9 Å². The second kappa shape index (κ2) is 24.7. The summed E-state index contributed by atoms with van der Waals surface area (Å²) in [7, 11) is -3.46. The number of nitrogens with zero attached hydrogens (tertiary/aromatic N) is 4. The minimum atomic E-state index is -5.13. The highest BCUT2D eigenvalue weighted by molar-refractivity contribution is 7.70. The summed E-state index contributed by atoms with van der Waals surface area (Å²) >= 11 is 0. The summed E-state index contributed by atoms with van der Waals surface area (Å²) in [6.45, 7) is -0.0544. The van der Waals surface area contributed by atoms with E-state index in [1.165, 1.54) is 38.3 Å². The van der Waals surface area contributed by atoms with Crippen molar-refractivity contribution < 1.29 is 57.5 Å². The minimum absolute atomic E-state index is 0.0633. The first-order valence-electron chi connectivity index (χ1n) is 28.4. The van der Waals surface area contributed by atoms with Gasteiger partial charge in [-0.05, 0) is 116 Å². The first kappa shape index (κ1) is 58.7. The molecule has 23 nitrogen and oxygen atoms in total. The van der Waals surface area contributed by atoms with Gasteiger partial charge in [-0.3, -0.25) is 62.2 Å². The van der Waals surface area contributed by atoms with Crippen LogP contribution in [0.15, 0.2) is 108 Å². The Kier molecular flexibility index (Phi) is 17.3. The van der Waals surface area contributed by atoms with E-state index in [4.69, 9.17) is 5.73 Å². The molecule has 6 aromatic rings. The molecule has 440 valence electrons. The maximum atomic E-state index is 15.1. The molecule has 9 N–H and O–H groups in total. The number of carbonyl (C=O) groups is 9. The predicted octanol–water partition coefficient (Wildman–Crippen LogP) is 4.22. The summed E-state index contributed by atoms with van der Waals surface area (Å²) < 4.78 is 14.8. The molecule has 1 aliphatic carbocycles. The molecule has 4 aromatic carbocycles. The Hall–Kier alpha value is -8.53. The average Bonchev–Trinajstić information content (AvgIpc) is 4.06. The van der Waals surface area contributed by atoms with E-state index in [0.717, 1.165) is 42.4 Å². The molecular formula is C60H67N10O13P. The van der Waals surface area contributed by atoms with Crippen LogP contribution in [-0.4, -0.2) is 124 Å². The molecule has 1 saturated carbocycles. The lowest BCUT2D eigenvalue weighted by molar-refractivity contribution is -0.145. The number of rotatable bonds is 20. The average molecular weight is 1170 g/mol. The molecule has 0 spiro atoms. The highest BCUT2D eigenvalue weighted by Crippen LogP contribution is 2.45. The predicted molar refractivity (Wildman–Crippen MR) is 307 cm³/mol. The van der Waals surface area contributed by atoms with E-state index in [-0.39, 0.29) is 91.7 Å². The zero-order valence-electron chi connectivity index (χ0n) is 46.2. The van der Waals surface area contributed by atoms with Crippen molar-refractivity contribution in [3.8, 4) is 0 Å². The van der Waals surface area contributed by atoms with Gasteiger partial charge in [0.15, 0.2) is 0 Å². The van der Waals surface area contributed by atoms with Crippen LogP contribution >= 0.6 is 7.60 Å². The molecular weight excluding hydrogens is 1100 g/mol. The van der Waals surface area contributed by atoms with E-state index in [2.05, 4.69) is 26.3 Å². The van der Waals surface area contributed by atoms with Gasteiger partial charge < -0.3 is 46.3 Å². The van der Waals surface area contributed by atoms with E-state index in [9.17, 15) is 57.5 Å². The molecule has 4 aliphatic rings. The maximum Gasteiger partial charge on any atom is 0.396 e. The van der Waals surface area contributed by atoms with Crippen LogP contribution in [0.4, 0.5) is 0 Å². The minimum Gasteiger partial charge on any atom is -0.370 e. The first-order chi connectivity index (χ1) is 40.2. The number of fused-ring (bicyclic) bond motifs is 3. The fraction of sp³-hybridized carbons (Fsp3) is 0.400. The Morgan fingerprint density at radius 3 is 2.19 bits per heavy atom. The van der Waals surface area contributed by atoms with Gasteiger partial charge in [0.2, 0.25) is 41.4 Å². The fourth-order valence-corrected chi connectivity index (χ4v) is 12.9. The smallest absolute Gasteiger partial charge is 0.370 e. The van der Waals surface area contributed by atoms with Crippen LogP contribution in [0.1, 0.15) is 139 Å². The van der Waals surface area contributed by atoms with Crippen LogP contribution in [0.25, 0.3) is 21.9 Å². The van der Waals surface area contributed by atoms with Crippen molar-refractivity contribution in [2.24, 2.45) is 18.7 Å². The summed E-state index contributed by atoms with van der Waals surface area (Å²) in [4.78, 5) is 160. The van der Waals surface area contributed by atoms with Gasteiger partial charge in [0.25, 0.3) is 11.4 Å². The number of hydrogen-bond donors (Lipinski definition) is 8. The number of aromatic nitrogens is 3. The number of unbranched alkanes of at least 4 members (excludes halogenated alkanes) is 1. The lowest BCUT2D eigenvalue weighted by Gasteiger charge is -2.39.